The molecule has 0 amide bonds. The molecule has 3 aromatic rings. The first kappa shape index (κ1) is 18.2. The van der Waals surface area contributed by atoms with E-state index in [1.165, 1.54) is 13.0 Å². The van der Waals surface area contributed by atoms with Crippen molar-refractivity contribution in [3.63, 3.8) is 0 Å². The van der Waals surface area contributed by atoms with Gasteiger partial charge in [-0.3, -0.25) is 4.79 Å². The van der Waals surface area contributed by atoms with E-state index in [4.69, 9.17) is 32.7 Å². The van der Waals surface area contributed by atoms with Gasteiger partial charge in [0.05, 0.1) is 10.4 Å². The number of halogens is 2. The summed E-state index contributed by atoms with van der Waals surface area (Å²) in [4.78, 5) is 24.4. The van der Waals surface area contributed by atoms with E-state index in [1.807, 2.05) is 0 Å². The van der Waals surface area contributed by atoms with E-state index in [2.05, 4.69) is 10.3 Å². The van der Waals surface area contributed by atoms with E-state index in [-0.39, 0.29) is 11.8 Å². The Kier molecular flexibility index (Phi) is 5.39. The highest BCUT2D eigenvalue weighted by Crippen LogP contribution is 2.28. The van der Waals surface area contributed by atoms with Gasteiger partial charge in [0.2, 0.25) is 0 Å². The third kappa shape index (κ3) is 3.95. The Labute approximate surface area is 158 Å². The molecule has 0 fully saturated rings. The second-order valence-electron chi connectivity index (χ2n) is 5.34. The summed E-state index contributed by atoms with van der Waals surface area (Å²) in [6.07, 6.45) is -0.946. The number of hydrogen-bond acceptors (Lipinski definition) is 6. The summed E-state index contributed by atoms with van der Waals surface area (Å²) in [7, 11) is 0. The Morgan fingerprint density at radius 2 is 2.00 bits per heavy atom. The predicted molar refractivity (Wildman–Crippen MR) is 96.4 cm³/mol. The van der Waals surface area contributed by atoms with Crippen LogP contribution in [-0.2, 0) is 16.3 Å². The Balaban J connectivity index is 1.66. The smallest absolute Gasteiger partial charge is 0.348 e. The predicted octanol–water partition coefficient (Wildman–Crippen LogP) is 3.07. The highest BCUT2D eigenvalue weighted by molar-refractivity contribution is 6.35. The molecule has 0 saturated heterocycles. The normalized spacial score (nSPS) is 12.0. The van der Waals surface area contributed by atoms with E-state index < -0.39 is 17.6 Å². The fourth-order valence-electron chi connectivity index (χ4n) is 2.16. The first-order valence-corrected chi connectivity index (χ1v) is 8.32. The fraction of sp³-hybridized carbons (Fsp3) is 0.176. The van der Waals surface area contributed by atoms with Crippen LogP contribution in [-0.4, -0.2) is 27.1 Å². The third-order valence-corrected chi connectivity index (χ3v) is 4.02. The molecule has 7 nitrogen and oxygen atoms in total. The molecular weight excluding hydrogens is 381 g/mol. The highest BCUT2D eigenvalue weighted by atomic mass is 35.5. The van der Waals surface area contributed by atoms with Gasteiger partial charge < -0.3 is 9.47 Å². The number of carbonyl (C=O) groups is 1. The van der Waals surface area contributed by atoms with Crippen molar-refractivity contribution in [1.29, 1.82) is 0 Å². The minimum absolute atomic E-state index is 0.272. The first-order valence-electron chi connectivity index (χ1n) is 7.56. The van der Waals surface area contributed by atoms with Gasteiger partial charge in [-0.25, -0.2) is 4.79 Å². The molecule has 1 heterocycles. The Morgan fingerprint density at radius 3 is 2.77 bits per heavy atom. The Hall–Kier alpha value is -2.64. The molecule has 0 saturated carbocycles. The van der Waals surface area contributed by atoms with Crippen LogP contribution < -0.4 is 10.3 Å². The number of esters is 1. The van der Waals surface area contributed by atoms with E-state index in [0.717, 1.165) is 4.68 Å². The van der Waals surface area contributed by atoms with Crippen molar-refractivity contribution < 1.29 is 14.3 Å². The molecule has 134 valence electrons. The van der Waals surface area contributed by atoms with Gasteiger partial charge in [0.1, 0.15) is 11.3 Å². The molecule has 1 atom stereocenters. The van der Waals surface area contributed by atoms with Gasteiger partial charge in [0, 0.05) is 5.02 Å². The number of nitrogens with zero attached hydrogens (tertiary/aromatic N) is 3. The summed E-state index contributed by atoms with van der Waals surface area (Å²) >= 11 is 11.8. The maximum Gasteiger partial charge on any atom is 0.348 e. The van der Waals surface area contributed by atoms with Crippen molar-refractivity contribution in [2.75, 3.05) is 0 Å². The molecule has 9 heteroatoms. The lowest BCUT2D eigenvalue weighted by Crippen LogP contribution is -2.31. The highest BCUT2D eigenvalue weighted by Gasteiger charge is 2.18. The lowest BCUT2D eigenvalue weighted by atomic mass is 10.2. The monoisotopic (exact) mass is 393 g/mol. The molecule has 0 radical (unpaired) electrons. The average Bonchev–Trinajstić information content (AvgIpc) is 2.63. The van der Waals surface area contributed by atoms with Crippen molar-refractivity contribution in [1.82, 2.24) is 15.0 Å². The number of ether oxygens (including phenoxy) is 2. The Morgan fingerprint density at radius 1 is 1.23 bits per heavy atom. The zero-order valence-corrected chi connectivity index (χ0v) is 15.1. The second-order valence-corrected chi connectivity index (χ2v) is 6.18. The third-order valence-electron chi connectivity index (χ3n) is 3.49. The number of fused-ring (bicyclic) bond motifs is 1. The van der Waals surface area contributed by atoms with Gasteiger partial charge in [-0.05, 0) is 37.3 Å². The summed E-state index contributed by atoms with van der Waals surface area (Å²) in [6.45, 7) is 1.12. The quantitative estimate of drug-likeness (QED) is 0.619. The molecule has 0 bridgehead atoms. The summed E-state index contributed by atoms with van der Waals surface area (Å²) < 4.78 is 11.5. The zero-order chi connectivity index (χ0) is 18.7. The molecule has 0 aliphatic rings. The average molecular weight is 394 g/mol. The van der Waals surface area contributed by atoms with E-state index in [9.17, 15) is 9.59 Å². The molecule has 1 unspecified atom stereocenters. The van der Waals surface area contributed by atoms with Crippen molar-refractivity contribution in [2.45, 2.75) is 19.8 Å². The maximum absolute atomic E-state index is 12.3. The van der Waals surface area contributed by atoms with Crippen LogP contribution >= 0.6 is 23.2 Å². The van der Waals surface area contributed by atoms with Crippen LogP contribution in [0.4, 0.5) is 0 Å². The molecule has 0 spiro atoms. The lowest BCUT2D eigenvalue weighted by Gasteiger charge is -2.15. The van der Waals surface area contributed by atoms with Crippen LogP contribution in [0, 0.1) is 0 Å². The van der Waals surface area contributed by atoms with Gasteiger partial charge in [-0.1, -0.05) is 40.5 Å². The van der Waals surface area contributed by atoms with Crippen LogP contribution in [0.2, 0.25) is 10.0 Å². The van der Waals surface area contributed by atoms with Crippen LogP contribution in [0.1, 0.15) is 6.92 Å². The standard InChI is InChI=1S/C17H13Cl2N3O4/c1-10(26-15-7-6-11(18)8-13(15)19)17(24)25-9-22-16(23)12-4-2-3-5-14(12)20-21-22/h2-8,10H,9H2,1H3. The minimum atomic E-state index is -0.946. The zero-order valence-electron chi connectivity index (χ0n) is 13.6. The van der Waals surface area contributed by atoms with E-state index in [1.54, 1.807) is 36.4 Å². The maximum atomic E-state index is 12.3. The SMILES string of the molecule is CC(Oc1ccc(Cl)cc1Cl)C(=O)OCn1nnc2ccccc2c1=O. The van der Waals surface area contributed by atoms with Gasteiger partial charge in [0.15, 0.2) is 12.8 Å². The van der Waals surface area contributed by atoms with E-state index >= 15 is 0 Å². The summed E-state index contributed by atoms with van der Waals surface area (Å²) in [6, 6.07) is 11.4. The lowest BCUT2D eigenvalue weighted by molar-refractivity contribution is -0.155. The van der Waals surface area contributed by atoms with Crippen LogP contribution in [0.3, 0.4) is 0 Å². The number of aromatic nitrogens is 3. The first-order chi connectivity index (χ1) is 12.5. The summed E-state index contributed by atoms with van der Waals surface area (Å²) in [5.74, 6) is -0.388. The molecule has 0 aliphatic heterocycles. The summed E-state index contributed by atoms with van der Waals surface area (Å²) in [5, 5.41) is 8.77. The molecule has 0 N–H and O–H groups in total. The van der Waals surface area contributed by atoms with Crippen LogP contribution in [0.25, 0.3) is 10.9 Å². The van der Waals surface area contributed by atoms with Crippen LogP contribution in [0.15, 0.2) is 47.3 Å². The largest absolute Gasteiger partial charge is 0.477 e. The molecule has 0 aliphatic carbocycles. The molecule has 1 aromatic heterocycles. The minimum Gasteiger partial charge on any atom is -0.477 e. The Bertz CT molecular complexity index is 1020. The number of benzene rings is 2. The van der Waals surface area contributed by atoms with Crippen molar-refractivity contribution in [3.8, 4) is 5.75 Å². The number of hydrogen-bond donors (Lipinski definition) is 0. The van der Waals surface area contributed by atoms with Gasteiger partial charge >= 0.3 is 5.97 Å². The molecule has 3 rings (SSSR count). The second kappa shape index (κ2) is 7.72. The van der Waals surface area contributed by atoms with Crippen molar-refractivity contribution >= 4 is 40.1 Å². The fourth-order valence-corrected chi connectivity index (χ4v) is 2.61. The van der Waals surface area contributed by atoms with Crippen molar-refractivity contribution in [2.24, 2.45) is 0 Å². The van der Waals surface area contributed by atoms with Gasteiger partial charge in [-0.15, -0.1) is 5.10 Å². The molecular formula is C17H13Cl2N3O4. The molecule has 2 aromatic carbocycles. The summed E-state index contributed by atoms with van der Waals surface area (Å²) in [5.41, 5.74) is 0.0619. The number of carbonyl (C=O) groups excluding carboxylic acids is 1. The molecule has 26 heavy (non-hydrogen) atoms. The van der Waals surface area contributed by atoms with E-state index in [0.29, 0.717) is 21.7 Å². The number of rotatable bonds is 5. The van der Waals surface area contributed by atoms with Gasteiger partial charge in [0.25, 0.3) is 5.56 Å². The van der Waals surface area contributed by atoms with Gasteiger partial charge in [-0.2, -0.15) is 4.68 Å². The van der Waals surface area contributed by atoms with Crippen molar-refractivity contribution in [3.05, 3.63) is 62.9 Å². The topological polar surface area (TPSA) is 83.3 Å². The van der Waals surface area contributed by atoms with Crippen LogP contribution in [0.5, 0.6) is 5.75 Å².